The molecule has 1 aliphatic rings. The van der Waals surface area contributed by atoms with Gasteiger partial charge in [0.2, 0.25) is 5.88 Å². The first-order valence-electron chi connectivity index (χ1n) is 8.55. The molecule has 5 nitrogen and oxygen atoms in total. The first-order chi connectivity index (χ1) is 12.3. The van der Waals surface area contributed by atoms with Crippen molar-refractivity contribution in [1.82, 2.24) is 4.98 Å². The number of thiophene rings is 1. The van der Waals surface area contributed by atoms with Crippen molar-refractivity contribution in [2.45, 2.75) is 45.8 Å². The number of nitrogens with one attached hydrogen (secondary N) is 1. The van der Waals surface area contributed by atoms with E-state index in [0.29, 0.717) is 16.4 Å². The Morgan fingerprint density at radius 1 is 1.38 bits per heavy atom. The third kappa shape index (κ3) is 4.77. The van der Waals surface area contributed by atoms with Gasteiger partial charge in [-0.2, -0.15) is 0 Å². The highest BCUT2D eigenvalue weighted by Gasteiger charge is 2.32. The minimum atomic E-state index is -0.929. The molecule has 0 amide bonds. The molecule has 6 heteroatoms. The number of ether oxygens (including phenoxy) is 1. The number of carboxylic acids is 1. The Bertz CT molecular complexity index is 837. The summed E-state index contributed by atoms with van der Waals surface area (Å²) in [5.41, 5.74) is 0.521. The topological polar surface area (TPSA) is 71.5 Å². The Kier molecular flexibility index (Phi) is 5.19. The Labute approximate surface area is 157 Å². The molecule has 0 aliphatic heterocycles. The van der Waals surface area contributed by atoms with Gasteiger partial charge in [0, 0.05) is 36.6 Å². The van der Waals surface area contributed by atoms with Crippen molar-refractivity contribution in [3.05, 3.63) is 40.2 Å². The smallest absolute Gasteiger partial charge is 0.348 e. The number of aromatic nitrogens is 1. The van der Waals surface area contributed by atoms with Gasteiger partial charge >= 0.3 is 5.97 Å². The Hall–Kier alpha value is -2.52. The van der Waals surface area contributed by atoms with E-state index >= 15 is 0 Å². The van der Waals surface area contributed by atoms with E-state index in [4.69, 9.17) is 4.74 Å². The molecule has 0 bridgehead atoms. The fourth-order valence-electron chi connectivity index (χ4n) is 2.56. The van der Waals surface area contributed by atoms with Gasteiger partial charge in [0.25, 0.3) is 0 Å². The summed E-state index contributed by atoms with van der Waals surface area (Å²) in [6, 6.07) is 7.60. The second kappa shape index (κ2) is 7.38. The molecule has 0 spiro atoms. The van der Waals surface area contributed by atoms with Crippen LogP contribution in [0.25, 0.3) is 0 Å². The largest absolute Gasteiger partial charge is 0.477 e. The molecule has 3 rings (SSSR count). The molecule has 0 saturated heterocycles. The van der Waals surface area contributed by atoms with E-state index in [2.05, 4.69) is 22.1 Å². The molecule has 2 aromatic heterocycles. The molecule has 0 radical (unpaired) electrons. The number of hydrogen-bond acceptors (Lipinski definition) is 5. The van der Waals surface area contributed by atoms with Gasteiger partial charge < -0.3 is 15.2 Å². The van der Waals surface area contributed by atoms with Crippen LogP contribution in [0.1, 0.15) is 48.2 Å². The average molecular weight is 370 g/mol. The summed E-state index contributed by atoms with van der Waals surface area (Å²) in [7, 11) is 0. The minimum absolute atomic E-state index is 0.106. The fraction of sp³-hybridized carbons (Fsp3) is 0.400. The van der Waals surface area contributed by atoms with Crippen molar-refractivity contribution in [2.75, 3.05) is 5.32 Å². The lowest BCUT2D eigenvalue weighted by atomic mass is 9.89. The zero-order chi connectivity index (χ0) is 18.7. The quantitative estimate of drug-likeness (QED) is 0.770. The molecule has 2 aromatic rings. The zero-order valence-corrected chi connectivity index (χ0v) is 15.9. The van der Waals surface area contributed by atoms with Gasteiger partial charge in [-0.15, -0.1) is 11.3 Å². The SMILES string of the molecule is CC(C)(C)C#Cc1cc(NC2CC(Oc3ccccn3)C2)c(C(=O)O)s1. The molecule has 136 valence electrons. The highest BCUT2D eigenvalue weighted by molar-refractivity contribution is 7.15. The van der Waals surface area contributed by atoms with Crippen LogP contribution in [0.4, 0.5) is 5.69 Å². The van der Waals surface area contributed by atoms with Crippen molar-refractivity contribution in [3.63, 3.8) is 0 Å². The molecule has 26 heavy (non-hydrogen) atoms. The second-order valence-corrected chi connectivity index (χ2v) is 8.43. The summed E-state index contributed by atoms with van der Waals surface area (Å²) < 4.78 is 5.79. The van der Waals surface area contributed by atoms with Gasteiger partial charge in [-0.1, -0.05) is 17.9 Å². The predicted molar refractivity (Wildman–Crippen MR) is 103 cm³/mol. The van der Waals surface area contributed by atoms with E-state index in [9.17, 15) is 9.90 Å². The summed E-state index contributed by atoms with van der Waals surface area (Å²) in [5, 5.41) is 12.8. The van der Waals surface area contributed by atoms with Crippen molar-refractivity contribution in [2.24, 2.45) is 5.41 Å². The number of aromatic carboxylic acids is 1. The standard InChI is InChI=1S/C20H22N2O3S/c1-20(2,3)8-7-15-12-16(18(26-15)19(23)24)22-13-10-14(11-13)25-17-6-4-5-9-21-17/h4-6,9,12-14,22H,10-11H2,1-3H3,(H,23,24). The molecular formula is C20H22N2O3S. The molecule has 2 N–H and O–H groups in total. The van der Waals surface area contributed by atoms with Gasteiger partial charge in [-0.05, 0) is 32.9 Å². The van der Waals surface area contributed by atoms with Crippen molar-refractivity contribution >= 4 is 23.0 Å². The van der Waals surface area contributed by atoms with Crippen LogP contribution in [0.5, 0.6) is 5.88 Å². The maximum absolute atomic E-state index is 11.5. The Morgan fingerprint density at radius 2 is 2.15 bits per heavy atom. The maximum atomic E-state index is 11.5. The number of anilines is 1. The lowest BCUT2D eigenvalue weighted by molar-refractivity contribution is 0.0703. The van der Waals surface area contributed by atoms with Crippen molar-refractivity contribution in [1.29, 1.82) is 0 Å². The highest BCUT2D eigenvalue weighted by atomic mass is 32.1. The summed E-state index contributed by atoms with van der Waals surface area (Å²) in [4.78, 5) is 16.7. The Balaban J connectivity index is 1.62. The summed E-state index contributed by atoms with van der Waals surface area (Å²) >= 11 is 1.21. The van der Waals surface area contributed by atoms with Gasteiger partial charge in [-0.25, -0.2) is 9.78 Å². The predicted octanol–water partition coefficient (Wildman–Crippen LogP) is 4.26. The highest BCUT2D eigenvalue weighted by Crippen LogP contribution is 2.33. The summed E-state index contributed by atoms with van der Waals surface area (Å²) in [6.07, 6.45) is 3.44. The van der Waals surface area contributed by atoms with Crippen LogP contribution in [-0.4, -0.2) is 28.2 Å². The molecular weight excluding hydrogens is 348 g/mol. The Morgan fingerprint density at radius 3 is 2.77 bits per heavy atom. The van der Waals surface area contributed by atoms with Crippen LogP contribution in [0.15, 0.2) is 30.5 Å². The number of carbonyl (C=O) groups is 1. The number of carboxylic acid groups (broad SMARTS) is 1. The maximum Gasteiger partial charge on any atom is 0.348 e. The second-order valence-electron chi connectivity index (χ2n) is 7.38. The van der Waals surface area contributed by atoms with E-state index < -0.39 is 5.97 Å². The van der Waals surface area contributed by atoms with Crippen molar-refractivity contribution in [3.8, 4) is 17.7 Å². The van der Waals surface area contributed by atoms with Crippen LogP contribution in [0, 0.1) is 17.3 Å². The van der Waals surface area contributed by atoms with Gasteiger partial charge in [0.05, 0.1) is 10.6 Å². The molecule has 1 saturated carbocycles. The number of rotatable bonds is 5. The van der Waals surface area contributed by atoms with E-state index in [1.165, 1.54) is 11.3 Å². The minimum Gasteiger partial charge on any atom is -0.477 e. The van der Waals surface area contributed by atoms with Crippen LogP contribution >= 0.6 is 11.3 Å². The van der Waals surface area contributed by atoms with E-state index in [-0.39, 0.29) is 17.6 Å². The lowest BCUT2D eigenvalue weighted by Crippen LogP contribution is -2.42. The van der Waals surface area contributed by atoms with Gasteiger partial charge in [0.15, 0.2) is 0 Å². The lowest BCUT2D eigenvalue weighted by Gasteiger charge is -2.35. The summed E-state index contributed by atoms with van der Waals surface area (Å²) in [6.45, 7) is 6.09. The number of hydrogen-bond donors (Lipinski definition) is 2. The number of nitrogens with zero attached hydrogens (tertiary/aromatic N) is 1. The fourth-order valence-corrected chi connectivity index (χ4v) is 3.37. The number of pyridine rings is 1. The van der Waals surface area contributed by atoms with Gasteiger partial charge in [0.1, 0.15) is 11.0 Å². The molecule has 2 heterocycles. The third-order valence-electron chi connectivity index (χ3n) is 3.87. The van der Waals surface area contributed by atoms with E-state index in [1.54, 1.807) is 6.20 Å². The van der Waals surface area contributed by atoms with Crippen LogP contribution in [0.2, 0.25) is 0 Å². The molecule has 0 atom stereocenters. The monoisotopic (exact) mass is 370 g/mol. The molecule has 1 aliphatic carbocycles. The summed E-state index contributed by atoms with van der Waals surface area (Å²) in [5.74, 6) is 5.92. The molecule has 0 unspecified atom stereocenters. The van der Waals surface area contributed by atoms with Crippen LogP contribution in [-0.2, 0) is 0 Å². The van der Waals surface area contributed by atoms with Crippen molar-refractivity contribution < 1.29 is 14.6 Å². The zero-order valence-electron chi connectivity index (χ0n) is 15.1. The van der Waals surface area contributed by atoms with Crippen LogP contribution in [0.3, 0.4) is 0 Å². The van der Waals surface area contributed by atoms with E-state index in [1.807, 2.05) is 45.0 Å². The molecule has 1 fully saturated rings. The van der Waals surface area contributed by atoms with E-state index in [0.717, 1.165) is 17.7 Å². The molecule has 0 aromatic carbocycles. The normalized spacial score (nSPS) is 19.0. The third-order valence-corrected chi connectivity index (χ3v) is 4.91. The van der Waals surface area contributed by atoms with Crippen LogP contribution < -0.4 is 10.1 Å². The first kappa shape index (κ1) is 18.3. The van der Waals surface area contributed by atoms with Gasteiger partial charge in [-0.3, -0.25) is 0 Å². The average Bonchev–Trinajstić information content (AvgIpc) is 2.95. The first-order valence-corrected chi connectivity index (χ1v) is 9.36.